The van der Waals surface area contributed by atoms with E-state index in [4.69, 9.17) is 5.73 Å². The molecule has 1 saturated heterocycles. The fourth-order valence-corrected chi connectivity index (χ4v) is 4.21. The zero-order valence-corrected chi connectivity index (χ0v) is 20.7. The Labute approximate surface area is 186 Å². The van der Waals surface area contributed by atoms with Crippen molar-refractivity contribution in [1.82, 2.24) is 4.90 Å². The van der Waals surface area contributed by atoms with Crippen LogP contribution in [0.1, 0.15) is 96.8 Å². The number of nitrogens with zero attached hydrogens (tertiary/aromatic N) is 1. The molecule has 1 heterocycles. The summed E-state index contributed by atoms with van der Waals surface area (Å²) in [6.45, 7) is 6.81. The standard InChI is InChI=1S/C21H45N3.CH4O4S/c1-3-4-5-6-7-8-9-10-11-12-13-14-15-16-21-23(2)19-20-24(21)18-17-22;1-5-6(2,3)4/h21H,3-20,22H2,1-2H3;1H3,(H,2,3,4). The lowest BCUT2D eigenvalue weighted by molar-refractivity contribution is -0.917. The maximum Gasteiger partial charge on any atom is 0.217 e. The number of rotatable bonds is 17. The molecule has 0 aliphatic carbocycles. The quantitative estimate of drug-likeness (QED) is 0.200. The molecule has 1 aliphatic rings. The molecule has 7 nitrogen and oxygen atoms in total. The molecule has 2 atom stereocenters. The number of quaternary nitrogens is 1. The molecule has 0 aromatic rings. The molecule has 1 rings (SSSR count). The minimum atomic E-state index is -4.41. The Morgan fingerprint density at radius 1 is 0.967 bits per heavy atom. The van der Waals surface area contributed by atoms with Gasteiger partial charge in [-0.3, -0.25) is 9.08 Å². The fraction of sp³-hybridized carbons (Fsp3) is 1.00. The average molecular weight is 452 g/mol. The summed E-state index contributed by atoms with van der Waals surface area (Å²) in [4.78, 5) is 4.27. The molecule has 8 heteroatoms. The summed E-state index contributed by atoms with van der Waals surface area (Å²) in [5.74, 6) is 0. The molecule has 1 fully saturated rings. The summed E-state index contributed by atoms with van der Waals surface area (Å²) in [6, 6.07) is 0. The highest BCUT2D eigenvalue weighted by Gasteiger charge is 2.31. The third-order valence-electron chi connectivity index (χ3n) is 6.04. The zero-order chi connectivity index (χ0) is 22.7. The van der Waals surface area contributed by atoms with Crippen LogP contribution in [0.3, 0.4) is 0 Å². The number of hydrogen-bond donors (Lipinski definition) is 2. The van der Waals surface area contributed by atoms with Crippen LogP contribution in [0.5, 0.6) is 0 Å². The third-order valence-corrected chi connectivity index (χ3v) is 6.45. The Balaban J connectivity index is 0.00000122. The minimum Gasteiger partial charge on any atom is -0.726 e. The van der Waals surface area contributed by atoms with Crippen LogP contribution in [0.25, 0.3) is 0 Å². The average Bonchev–Trinajstić information content (AvgIpc) is 3.05. The largest absolute Gasteiger partial charge is 0.726 e. The van der Waals surface area contributed by atoms with E-state index in [1.54, 1.807) is 4.90 Å². The summed E-state index contributed by atoms with van der Waals surface area (Å²) in [5.41, 5.74) is 5.75. The first-order valence-corrected chi connectivity index (χ1v) is 13.4. The predicted octanol–water partition coefficient (Wildman–Crippen LogP) is 2.68. The lowest BCUT2D eigenvalue weighted by atomic mass is 10.0. The number of unbranched alkanes of at least 4 members (excludes halogenated alkanes) is 12. The summed E-state index contributed by atoms with van der Waals surface area (Å²) in [6.07, 6.45) is 20.9. The Bertz CT molecular complexity index is 475. The van der Waals surface area contributed by atoms with Crippen LogP contribution in [0.4, 0.5) is 0 Å². The van der Waals surface area contributed by atoms with Crippen molar-refractivity contribution < 1.29 is 22.1 Å². The van der Waals surface area contributed by atoms with Crippen LogP contribution in [0, 0.1) is 0 Å². The van der Waals surface area contributed by atoms with Crippen molar-refractivity contribution in [3.63, 3.8) is 0 Å². The Morgan fingerprint density at radius 2 is 1.40 bits per heavy atom. The van der Waals surface area contributed by atoms with Crippen LogP contribution in [0.2, 0.25) is 0 Å². The highest BCUT2D eigenvalue weighted by Crippen LogP contribution is 2.13. The highest BCUT2D eigenvalue weighted by atomic mass is 32.3. The number of hydrogen-bond acceptors (Lipinski definition) is 6. The van der Waals surface area contributed by atoms with Crippen molar-refractivity contribution in [3.8, 4) is 0 Å². The molecule has 182 valence electrons. The molecule has 30 heavy (non-hydrogen) atoms. The molecule has 0 bridgehead atoms. The SMILES string of the molecule is CCCCCCCCCCCCCCCC1N(C)CC[NH+]1CCN.COS(=O)(=O)[O-]. The normalized spacial score (nSPS) is 19.6. The van der Waals surface area contributed by atoms with E-state index in [-0.39, 0.29) is 0 Å². The molecule has 1 aliphatic heterocycles. The van der Waals surface area contributed by atoms with E-state index >= 15 is 0 Å². The molecule has 2 unspecified atom stereocenters. The molecule has 0 spiro atoms. The van der Waals surface area contributed by atoms with Crippen molar-refractivity contribution in [2.24, 2.45) is 5.73 Å². The fourth-order valence-electron chi connectivity index (χ4n) is 4.21. The molecule has 0 saturated carbocycles. The molecular weight excluding hydrogens is 402 g/mol. The van der Waals surface area contributed by atoms with Gasteiger partial charge in [-0.2, -0.15) is 0 Å². The van der Waals surface area contributed by atoms with Gasteiger partial charge in [0.2, 0.25) is 10.4 Å². The van der Waals surface area contributed by atoms with Crippen molar-refractivity contribution in [1.29, 1.82) is 0 Å². The summed E-state index contributed by atoms with van der Waals surface area (Å²) < 4.78 is 31.0. The maximum absolute atomic E-state index is 9.22. The van der Waals surface area contributed by atoms with Gasteiger partial charge in [0.15, 0.2) is 0 Å². The summed E-state index contributed by atoms with van der Waals surface area (Å²) in [5, 5.41) is 0. The summed E-state index contributed by atoms with van der Waals surface area (Å²) >= 11 is 0. The van der Waals surface area contributed by atoms with Crippen LogP contribution in [0.15, 0.2) is 0 Å². The number of likely N-dealkylation sites (N-methyl/N-ethyl adjacent to an activating group) is 1. The van der Waals surface area contributed by atoms with Crippen LogP contribution >= 0.6 is 0 Å². The smallest absolute Gasteiger partial charge is 0.217 e. The summed E-state index contributed by atoms with van der Waals surface area (Å²) in [7, 11) is -1.32. The van der Waals surface area contributed by atoms with E-state index in [2.05, 4.69) is 23.1 Å². The Kier molecular flexibility index (Phi) is 19.3. The van der Waals surface area contributed by atoms with Crippen molar-refractivity contribution in [2.75, 3.05) is 40.3 Å². The van der Waals surface area contributed by atoms with Gasteiger partial charge < -0.3 is 15.2 Å². The molecule has 0 radical (unpaired) electrons. The van der Waals surface area contributed by atoms with Gasteiger partial charge in [-0.15, -0.1) is 0 Å². The van der Waals surface area contributed by atoms with Gasteiger partial charge in [0.1, 0.15) is 6.17 Å². The number of nitrogens with two attached hydrogens (primary N) is 1. The Hall–Kier alpha value is -0.250. The highest BCUT2D eigenvalue weighted by molar-refractivity contribution is 7.80. The van der Waals surface area contributed by atoms with Gasteiger partial charge in [0.05, 0.1) is 26.7 Å². The maximum atomic E-state index is 9.22. The van der Waals surface area contributed by atoms with Gasteiger partial charge in [0, 0.05) is 13.0 Å². The van der Waals surface area contributed by atoms with Gasteiger partial charge in [-0.05, 0) is 13.5 Å². The van der Waals surface area contributed by atoms with Crippen LogP contribution < -0.4 is 10.6 Å². The first kappa shape index (κ1) is 29.8. The van der Waals surface area contributed by atoms with Crippen molar-refractivity contribution >= 4 is 10.4 Å². The van der Waals surface area contributed by atoms with Crippen molar-refractivity contribution in [3.05, 3.63) is 0 Å². The van der Waals surface area contributed by atoms with E-state index in [9.17, 15) is 13.0 Å². The molecule has 0 aromatic carbocycles. The second-order valence-electron chi connectivity index (χ2n) is 8.55. The van der Waals surface area contributed by atoms with Crippen LogP contribution in [-0.4, -0.2) is 64.4 Å². The Morgan fingerprint density at radius 3 is 1.80 bits per heavy atom. The van der Waals surface area contributed by atoms with Gasteiger partial charge in [-0.25, -0.2) is 8.42 Å². The van der Waals surface area contributed by atoms with E-state index in [1.807, 2.05) is 0 Å². The molecular formula is C22H49N3O4S. The lowest BCUT2D eigenvalue weighted by Crippen LogP contribution is -3.15. The second-order valence-corrected chi connectivity index (χ2v) is 9.70. The lowest BCUT2D eigenvalue weighted by Gasteiger charge is -2.24. The molecule has 0 aromatic heterocycles. The first-order valence-electron chi connectivity index (χ1n) is 12.1. The zero-order valence-electron chi connectivity index (χ0n) is 19.9. The van der Waals surface area contributed by atoms with Gasteiger partial charge in [0.25, 0.3) is 0 Å². The van der Waals surface area contributed by atoms with Crippen molar-refractivity contribution in [2.45, 2.75) is 103 Å². The van der Waals surface area contributed by atoms with Gasteiger partial charge >= 0.3 is 0 Å². The first-order chi connectivity index (χ1) is 14.4. The van der Waals surface area contributed by atoms with Crippen LogP contribution in [-0.2, 0) is 14.6 Å². The molecule has 3 N–H and O–H groups in total. The molecule has 0 amide bonds. The van der Waals surface area contributed by atoms with E-state index in [0.29, 0.717) is 0 Å². The monoisotopic (exact) mass is 451 g/mol. The van der Waals surface area contributed by atoms with E-state index in [0.717, 1.165) is 26.4 Å². The second kappa shape index (κ2) is 19.4. The van der Waals surface area contributed by atoms with E-state index < -0.39 is 10.4 Å². The third kappa shape index (κ3) is 17.4. The van der Waals surface area contributed by atoms with E-state index in [1.165, 1.54) is 103 Å². The van der Waals surface area contributed by atoms with Gasteiger partial charge in [-0.1, -0.05) is 84.0 Å². The number of nitrogens with one attached hydrogen (secondary N) is 1. The predicted molar refractivity (Wildman–Crippen MR) is 123 cm³/mol. The topological polar surface area (TPSA) is 100 Å². The minimum absolute atomic E-state index is 0.737.